The lowest BCUT2D eigenvalue weighted by Crippen LogP contribution is -2.51. The molecule has 1 aliphatic heterocycles. The van der Waals surface area contributed by atoms with Gasteiger partial charge in [0, 0.05) is 6.42 Å². The van der Waals surface area contributed by atoms with Gasteiger partial charge in [0.25, 0.3) is 0 Å². The van der Waals surface area contributed by atoms with Crippen LogP contribution in [0.15, 0.2) is 30.3 Å². The summed E-state index contributed by atoms with van der Waals surface area (Å²) in [6, 6.07) is 10.1. The summed E-state index contributed by atoms with van der Waals surface area (Å²) < 4.78 is 0. The summed E-state index contributed by atoms with van der Waals surface area (Å²) in [6.07, 6.45) is 3.92. The first-order chi connectivity index (χ1) is 8.66. The summed E-state index contributed by atoms with van der Waals surface area (Å²) in [6.45, 7) is 6.39. The van der Waals surface area contributed by atoms with Crippen LogP contribution in [0.2, 0.25) is 0 Å². The number of hydrogen-bond acceptors (Lipinski definition) is 2. The number of hydrogen-bond donors (Lipinski definition) is 0. The minimum atomic E-state index is -0.271. The third-order valence-electron chi connectivity index (χ3n) is 4.30. The molecule has 0 aromatic heterocycles. The zero-order valence-electron chi connectivity index (χ0n) is 11.5. The second-order valence-electron chi connectivity index (χ2n) is 5.41. The van der Waals surface area contributed by atoms with Gasteiger partial charge in [-0.2, -0.15) is 0 Å². The highest BCUT2D eigenvalue weighted by Crippen LogP contribution is 2.26. The zero-order valence-corrected chi connectivity index (χ0v) is 11.5. The molecule has 2 heteroatoms. The van der Waals surface area contributed by atoms with E-state index in [4.69, 9.17) is 0 Å². The third kappa shape index (κ3) is 2.64. The summed E-state index contributed by atoms with van der Waals surface area (Å²) in [4.78, 5) is 15.0. The van der Waals surface area contributed by atoms with Crippen molar-refractivity contribution < 1.29 is 4.79 Å². The first-order valence-electron chi connectivity index (χ1n) is 6.99. The molecule has 0 N–H and O–H groups in total. The van der Waals surface area contributed by atoms with E-state index in [1.54, 1.807) is 0 Å². The predicted octanol–water partition coefficient (Wildman–Crippen LogP) is 3.06. The van der Waals surface area contributed by atoms with Crippen molar-refractivity contribution in [1.29, 1.82) is 0 Å². The van der Waals surface area contributed by atoms with Crippen molar-refractivity contribution in [2.24, 2.45) is 0 Å². The Kier molecular flexibility index (Phi) is 4.18. The summed E-state index contributed by atoms with van der Waals surface area (Å²) in [5, 5.41) is 0. The van der Waals surface area contributed by atoms with Gasteiger partial charge in [-0.1, -0.05) is 37.3 Å². The van der Waals surface area contributed by atoms with Gasteiger partial charge in [-0.25, -0.2) is 0 Å². The molecule has 1 fully saturated rings. The summed E-state index contributed by atoms with van der Waals surface area (Å²) in [5.41, 5.74) is 0.855. The Labute approximate surface area is 110 Å². The smallest absolute Gasteiger partial charge is 0.157 e. The first-order valence-corrected chi connectivity index (χ1v) is 6.99. The maximum Gasteiger partial charge on any atom is 0.157 e. The number of likely N-dealkylation sites (tertiary alicyclic amines) is 1. The average molecular weight is 245 g/mol. The van der Waals surface area contributed by atoms with Crippen molar-refractivity contribution in [3.8, 4) is 0 Å². The Morgan fingerprint density at radius 1 is 1.22 bits per heavy atom. The van der Waals surface area contributed by atoms with E-state index in [1.807, 2.05) is 30.3 Å². The van der Waals surface area contributed by atoms with Crippen LogP contribution in [0.4, 0.5) is 0 Å². The van der Waals surface area contributed by atoms with Crippen LogP contribution in [0.25, 0.3) is 0 Å². The topological polar surface area (TPSA) is 20.3 Å². The Balaban J connectivity index is 2.09. The highest BCUT2D eigenvalue weighted by Gasteiger charge is 2.38. The molecule has 0 spiro atoms. The first kappa shape index (κ1) is 13.3. The zero-order chi connectivity index (χ0) is 13.0. The Morgan fingerprint density at radius 2 is 1.83 bits per heavy atom. The molecule has 1 aliphatic rings. The Hall–Kier alpha value is -1.15. The van der Waals surface area contributed by atoms with Crippen LogP contribution in [-0.4, -0.2) is 29.3 Å². The molecule has 1 atom stereocenters. The lowest BCUT2D eigenvalue weighted by Gasteiger charge is -2.36. The molecule has 1 saturated heterocycles. The highest BCUT2D eigenvalue weighted by molar-refractivity contribution is 5.89. The van der Waals surface area contributed by atoms with E-state index in [9.17, 15) is 4.79 Å². The van der Waals surface area contributed by atoms with Crippen LogP contribution >= 0.6 is 0 Å². The number of rotatable bonds is 5. The van der Waals surface area contributed by atoms with Gasteiger partial charge in [-0.05, 0) is 44.8 Å². The van der Waals surface area contributed by atoms with Gasteiger partial charge in [-0.15, -0.1) is 0 Å². The Bertz CT molecular complexity index is 395. The lowest BCUT2D eigenvalue weighted by molar-refractivity contribution is -0.129. The van der Waals surface area contributed by atoms with E-state index in [1.165, 1.54) is 12.8 Å². The van der Waals surface area contributed by atoms with Gasteiger partial charge in [0.15, 0.2) is 5.78 Å². The molecule has 98 valence electrons. The molecule has 0 aliphatic carbocycles. The van der Waals surface area contributed by atoms with Crippen LogP contribution in [0.5, 0.6) is 0 Å². The molecular formula is C16H23NO. The molecule has 1 aromatic carbocycles. The molecule has 1 heterocycles. The van der Waals surface area contributed by atoms with Crippen molar-refractivity contribution in [2.75, 3.05) is 13.1 Å². The number of benzene rings is 1. The lowest BCUT2D eigenvalue weighted by atomic mass is 9.87. The molecular weight excluding hydrogens is 222 g/mol. The molecule has 1 aromatic rings. The van der Waals surface area contributed by atoms with Gasteiger partial charge in [-0.3, -0.25) is 9.69 Å². The van der Waals surface area contributed by atoms with E-state index in [2.05, 4.69) is 18.7 Å². The summed E-state index contributed by atoms with van der Waals surface area (Å²) in [5.74, 6) is 0.359. The van der Waals surface area contributed by atoms with Crippen LogP contribution in [0.3, 0.4) is 0 Å². The second-order valence-corrected chi connectivity index (χ2v) is 5.41. The standard InChI is InChI=1S/C16H23NO/c1-3-16(2,17-11-7-8-12-17)15(18)13-14-9-5-4-6-10-14/h4-6,9-10H,3,7-8,11-13H2,1-2H3. The second kappa shape index (κ2) is 5.66. The quantitative estimate of drug-likeness (QED) is 0.794. The maximum absolute atomic E-state index is 12.6. The number of carbonyl (C=O) groups excluding carboxylic acids is 1. The SMILES string of the molecule is CCC(C)(C(=O)Cc1ccccc1)N1CCCC1. The van der Waals surface area contributed by atoms with Crippen molar-refractivity contribution >= 4 is 5.78 Å². The fourth-order valence-corrected chi connectivity index (χ4v) is 2.78. The maximum atomic E-state index is 12.6. The van der Waals surface area contributed by atoms with E-state index in [-0.39, 0.29) is 5.54 Å². The molecule has 1 unspecified atom stereocenters. The molecule has 0 amide bonds. The molecule has 0 bridgehead atoms. The number of ketones is 1. The number of Topliss-reactive ketones (excluding diaryl/α,β-unsaturated/α-hetero) is 1. The minimum Gasteiger partial charge on any atom is -0.297 e. The number of nitrogens with zero attached hydrogens (tertiary/aromatic N) is 1. The largest absolute Gasteiger partial charge is 0.297 e. The van der Waals surface area contributed by atoms with Crippen LogP contribution in [-0.2, 0) is 11.2 Å². The van der Waals surface area contributed by atoms with Gasteiger partial charge < -0.3 is 0 Å². The van der Waals surface area contributed by atoms with Crippen molar-refractivity contribution in [2.45, 2.75) is 45.1 Å². The fourth-order valence-electron chi connectivity index (χ4n) is 2.78. The predicted molar refractivity (Wildman–Crippen MR) is 74.7 cm³/mol. The molecule has 18 heavy (non-hydrogen) atoms. The van der Waals surface area contributed by atoms with Crippen LogP contribution in [0, 0.1) is 0 Å². The molecule has 0 saturated carbocycles. The van der Waals surface area contributed by atoms with Crippen molar-refractivity contribution in [3.05, 3.63) is 35.9 Å². The van der Waals surface area contributed by atoms with Gasteiger partial charge in [0.2, 0.25) is 0 Å². The van der Waals surface area contributed by atoms with Gasteiger partial charge in [0.1, 0.15) is 0 Å². The molecule has 2 rings (SSSR count). The highest BCUT2D eigenvalue weighted by atomic mass is 16.1. The van der Waals surface area contributed by atoms with E-state index >= 15 is 0 Å². The van der Waals surface area contributed by atoms with Crippen LogP contribution in [0.1, 0.15) is 38.7 Å². The van der Waals surface area contributed by atoms with E-state index in [0.717, 1.165) is 25.1 Å². The van der Waals surface area contributed by atoms with E-state index < -0.39 is 0 Å². The van der Waals surface area contributed by atoms with E-state index in [0.29, 0.717) is 12.2 Å². The Morgan fingerprint density at radius 3 is 2.39 bits per heavy atom. The van der Waals surface area contributed by atoms with Crippen LogP contribution < -0.4 is 0 Å². The average Bonchev–Trinajstić information content (AvgIpc) is 2.93. The number of carbonyl (C=O) groups is 1. The van der Waals surface area contributed by atoms with Gasteiger partial charge in [0.05, 0.1) is 5.54 Å². The summed E-state index contributed by atoms with van der Waals surface area (Å²) >= 11 is 0. The molecule has 0 radical (unpaired) electrons. The molecule has 2 nitrogen and oxygen atoms in total. The third-order valence-corrected chi connectivity index (χ3v) is 4.30. The normalized spacial score (nSPS) is 19.7. The van der Waals surface area contributed by atoms with Crippen molar-refractivity contribution in [1.82, 2.24) is 4.90 Å². The monoisotopic (exact) mass is 245 g/mol. The van der Waals surface area contributed by atoms with Gasteiger partial charge >= 0.3 is 0 Å². The van der Waals surface area contributed by atoms with Crippen molar-refractivity contribution in [3.63, 3.8) is 0 Å². The summed E-state index contributed by atoms with van der Waals surface area (Å²) in [7, 11) is 0. The fraction of sp³-hybridized carbons (Fsp3) is 0.562. The minimum absolute atomic E-state index is 0.271.